The minimum Gasteiger partial charge on any atom is -0.364 e. The minimum atomic E-state index is -0.976. The van der Waals surface area contributed by atoms with Crippen LogP contribution in [0.3, 0.4) is 0 Å². The highest BCUT2D eigenvalue weighted by molar-refractivity contribution is 5.84. The third-order valence-electron chi connectivity index (χ3n) is 2.20. The van der Waals surface area contributed by atoms with Gasteiger partial charge in [-0.1, -0.05) is 6.07 Å². The van der Waals surface area contributed by atoms with Gasteiger partial charge in [0.1, 0.15) is 6.07 Å². The Hall–Kier alpha value is -1.90. The van der Waals surface area contributed by atoms with E-state index in [0.717, 1.165) is 5.52 Å². The lowest BCUT2D eigenvalue weighted by molar-refractivity contribution is -0.0768. The van der Waals surface area contributed by atoms with Gasteiger partial charge in [0.15, 0.2) is 12.0 Å². The molecule has 5 nitrogen and oxygen atoms in total. The molecular formula is C10H9N3O2. The SMILES string of the molecule is COC(O)c1ccc2[nH]nc(C#N)c2c1. The first kappa shape index (κ1) is 9.65. The number of nitriles is 1. The fourth-order valence-electron chi connectivity index (χ4n) is 1.41. The van der Waals surface area contributed by atoms with Crippen molar-refractivity contribution in [3.8, 4) is 6.07 Å². The predicted octanol–water partition coefficient (Wildman–Crippen LogP) is 1.07. The number of methoxy groups -OCH3 is 1. The first-order valence-electron chi connectivity index (χ1n) is 4.35. The molecule has 1 aromatic carbocycles. The van der Waals surface area contributed by atoms with Crippen molar-refractivity contribution in [1.29, 1.82) is 5.26 Å². The summed E-state index contributed by atoms with van der Waals surface area (Å²) in [6.07, 6.45) is -0.976. The first-order valence-corrected chi connectivity index (χ1v) is 4.35. The lowest BCUT2D eigenvalue weighted by Gasteiger charge is -2.07. The Balaban J connectivity index is 2.58. The molecule has 1 aromatic heterocycles. The number of fused-ring (bicyclic) bond motifs is 1. The summed E-state index contributed by atoms with van der Waals surface area (Å²) >= 11 is 0. The summed E-state index contributed by atoms with van der Waals surface area (Å²) in [4.78, 5) is 0. The van der Waals surface area contributed by atoms with Gasteiger partial charge >= 0.3 is 0 Å². The highest BCUT2D eigenvalue weighted by atomic mass is 16.6. The molecule has 0 saturated carbocycles. The topological polar surface area (TPSA) is 81.9 Å². The largest absolute Gasteiger partial charge is 0.364 e. The van der Waals surface area contributed by atoms with Gasteiger partial charge in [-0.3, -0.25) is 5.10 Å². The van der Waals surface area contributed by atoms with Crippen molar-refractivity contribution < 1.29 is 9.84 Å². The number of aliphatic hydroxyl groups is 1. The molecule has 76 valence electrons. The zero-order valence-corrected chi connectivity index (χ0v) is 8.06. The fourth-order valence-corrected chi connectivity index (χ4v) is 1.41. The summed E-state index contributed by atoms with van der Waals surface area (Å²) in [7, 11) is 1.41. The van der Waals surface area contributed by atoms with Crippen LogP contribution in [0.5, 0.6) is 0 Å². The lowest BCUT2D eigenvalue weighted by Crippen LogP contribution is -1.98. The molecule has 15 heavy (non-hydrogen) atoms. The Morgan fingerprint density at radius 3 is 3.07 bits per heavy atom. The molecule has 0 fully saturated rings. The first-order chi connectivity index (χ1) is 7.26. The monoisotopic (exact) mass is 203 g/mol. The highest BCUT2D eigenvalue weighted by Gasteiger charge is 2.10. The van der Waals surface area contributed by atoms with Crippen molar-refractivity contribution in [2.45, 2.75) is 6.29 Å². The van der Waals surface area contributed by atoms with Gasteiger partial charge in [-0.15, -0.1) is 0 Å². The second-order valence-electron chi connectivity index (χ2n) is 3.08. The maximum atomic E-state index is 9.45. The van der Waals surface area contributed by atoms with Gasteiger partial charge in [0, 0.05) is 18.1 Å². The van der Waals surface area contributed by atoms with E-state index in [1.807, 2.05) is 6.07 Å². The number of ether oxygens (including phenoxy) is 1. The quantitative estimate of drug-likeness (QED) is 0.715. The van der Waals surface area contributed by atoms with Crippen LogP contribution < -0.4 is 0 Å². The molecule has 0 bridgehead atoms. The van der Waals surface area contributed by atoms with Gasteiger partial charge in [-0.2, -0.15) is 10.4 Å². The number of hydrogen-bond donors (Lipinski definition) is 2. The standard InChI is InChI=1S/C10H9N3O2/c1-15-10(14)6-2-3-8-7(4-6)9(5-11)13-12-8/h2-4,10,14H,1H3,(H,12,13). The lowest BCUT2D eigenvalue weighted by atomic mass is 10.1. The van der Waals surface area contributed by atoms with Gasteiger partial charge in [0.25, 0.3) is 0 Å². The second kappa shape index (κ2) is 3.69. The van der Waals surface area contributed by atoms with Crippen LogP contribution in [-0.2, 0) is 4.74 Å². The summed E-state index contributed by atoms with van der Waals surface area (Å²) in [5.74, 6) is 0. The highest BCUT2D eigenvalue weighted by Crippen LogP contribution is 2.21. The average molecular weight is 203 g/mol. The number of aromatic amines is 1. The summed E-state index contributed by atoms with van der Waals surface area (Å²) in [6, 6.07) is 7.12. The van der Waals surface area contributed by atoms with E-state index in [1.54, 1.807) is 18.2 Å². The van der Waals surface area contributed by atoms with Crippen molar-refractivity contribution in [3.63, 3.8) is 0 Å². The third-order valence-corrected chi connectivity index (χ3v) is 2.20. The van der Waals surface area contributed by atoms with Crippen LogP contribution in [-0.4, -0.2) is 22.4 Å². The van der Waals surface area contributed by atoms with E-state index >= 15 is 0 Å². The number of nitrogens with one attached hydrogen (secondary N) is 1. The summed E-state index contributed by atoms with van der Waals surface area (Å²) < 4.78 is 4.78. The number of aromatic nitrogens is 2. The molecule has 0 amide bonds. The fraction of sp³-hybridized carbons (Fsp3) is 0.200. The Morgan fingerprint density at radius 1 is 1.60 bits per heavy atom. The van der Waals surface area contributed by atoms with Crippen LogP contribution in [0.4, 0.5) is 0 Å². The number of rotatable bonds is 2. The molecule has 2 aromatic rings. The van der Waals surface area contributed by atoms with E-state index in [4.69, 9.17) is 10.00 Å². The number of H-pyrrole nitrogens is 1. The average Bonchev–Trinajstić information content (AvgIpc) is 2.69. The van der Waals surface area contributed by atoms with E-state index in [1.165, 1.54) is 7.11 Å². The molecule has 2 rings (SSSR count). The van der Waals surface area contributed by atoms with Crippen molar-refractivity contribution in [2.24, 2.45) is 0 Å². The Labute approximate surface area is 85.9 Å². The third kappa shape index (κ3) is 1.56. The Morgan fingerprint density at radius 2 is 2.40 bits per heavy atom. The number of hydrogen-bond acceptors (Lipinski definition) is 4. The van der Waals surface area contributed by atoms with Crippen molar-refractivity contribution in [1.82, 2.24) is 10.2 Å². The van der Waals surface area contributed by atoms with Crippen molar-refractivity contribution in [2.75, 3.05) is 7.11 Å². The van der Waals surface area contributed by atoms with Crippen LogP contribution in [0.1, 0.15) is 17.5 Å². The molecule has 0 aliphatic carbocycles. The number of benzene rings is 1. The Kier molecular flexibility index (Phi) is 2.37. The van der Waals surface area contributed by atoms with Crippen LogP contribution in [0.25, 0.3) is 10.9 Å². The van der Waals surface area contributed by atoms with Crippen LogP contribution in [0.2, 0.25) is 0 Å². The van der Waals surface area contributed by atoms with E-state index in [9.17, 15) is 5.11 Å². The van der Waals surface area contributed by atoms with Gasteiger partial charge in [0.05, 0.1) is 5.52 Å². The molecule has 1 heterocycles. The van der Waals surface area contributed by atoms with Crippen LogP contribution >= 0.6 is 0 Å². The minimum absolute atomic E-state index is 0.315. The molecule has 5 heteroatoms. The van der Waals surface area contributed by atoms with Crippen molar-refractivity contribution in [3.05, 3.63) is 29.5 Å². The summed E-state index contributed by atoms with van der Waals surface area (Å²) in [5, 5.41) is 25.5. The molecule has 2 N–H and O–H groups in total. The number of nitrogens with zero attached hydrogens (tertiary/aromatic N) is 2. The summed E-state index contributed by atoms with van der Waals surface area (Å²) in [5.41, 5.74) is 1.68. The molecule has 1 unspecified atom stereocenters. The predicted molar refractivity (Wildman–Crippen MR) is 52.8 cm³/mol. The van der Waals surface area contributed by atoms with Crippen molar-refractivity contribution >= 4 is 10.9 Å². The zero-order chi connectivity index (χ0) is 10.8. The number of aliphatic hydroxyl groups excluding tert-OH is 1. The summed E-state index contributed by atoms with van der Waals surface area (Å²) in [6.45, 7) is 0. The Bertz CT molecular complexity index is 527. The van der Waals surface area contributed by atoms with E-state index < -0.39 is 6.29 Å². The van der Waals surface area contributed by atoms with E-state index in [0.29, 0.717) is 16.6 Å². The van der Waals surface area contributed by atoms with Gasteiger partial charge in [0.2, 0.25) is 0 Å². The molecule has 0 spiro atoms. The maximum absolute atomic E-state index is 9.45. The van der Waals surface area contributed by atoms with Gasteiger partial charge < -0.3 is 9.84 Å². The van der Waals surface area contributed by atoms with Crippen LogP contribution in [0, 0.1) is 11.3 Å². The molecule has 1 atom stereocenters. The molecular weight excluding hydrogens is 194 g/mol. The smallest absolute Gasteiger partial charge is 0.180 e. The zero-order valence-electron chi connectivity index (χ0n) is 8.06. The van der Waals surface area contributed by atoms with Gasteiger partial charge in [-0.25, -0.2) is 0 Å². The second-order valence-corrected chi connectivity index (χ2v) is 3.08. The molecule has 0 radical (unpaired) electrons. The molecule has 0 aliphatic rings. The molecule has 0 saturated heterocycles. The normalized spacial score (nSPS) is 12.6. The maximum Gasteiger partial charge on any atom is 0.180 e. The van der Waals surface area contributed by atoms with Gasteiger partial charge in [-0.05, 0) is 12.1 Å². The van der Waals surface area contributed by atoms with E-state index in [-0.39, 0.29) is 0 Å². The van der Waals surface area contributed by atoms with E-state index in [2.05, 4.69) is 10.2 Å². The van der Waals surface area contributed by atoms with Crippen LogP contribution in [0.15, 0.2) is 18.2 Å². The molecule has 0 aliphatic heterocycles.